The smallest absolute Gasteiger partial charge is 0.260 e. The molecular formula is C23H27FN4OS. The average Bonchev–Trinajstić information content (AvgIpc) is 3.30. The third-order valence-electron chi connectivity index (χ3n) is 6.50. The van der Waals surface area contributed by atoms with E-state index >= 15 is 0 Å². The molecule has 0 aliphatic heterocycles. The van der Waals surface area contributed by atoms with Crippen LogP contribution in [0.3, 0.4) is 0 Å². The van der Waals surface area contributed by atoms with Crippen molar-refractivity contribution in [2.75, 3.05) is 5.32 Å². The molecule has 7 heteroatoms. The van der Waals surface area contributed by atoms with Crippen molar-refractivity contribution in [3.8, 4) is 5.69 Å². The van der Waals surface area contributed by atoms with Gasteiger partial charge < -0.3 is 0 Å². The molecule has 30 heavy (non-hydrogen) atoms. The lowest BCUT2D eigenvalue weighted by atomic mass is 9.70. The van der Waals surface area contributed by atoms with Crippen molar-refractivity contribution in [3.05, 3.63) is 58.1 Å². The molecule has 0 fully saturated rings. The first-order valence-electron chi connectivity index (χ1n) is 10.4. The summed E-state index contributed by atoms with van der Waals surface area (Å²) in [7, 11) is 0. The van der Waals surface area contributed by atoms with Gasteiger partial charge in [0, 0.05) is 4.88 Å². The normalized spacial score (nSPS) is 16.4. The Kier molecular flexibility index (Phi) is 5.49. The van der Waals surface area contributed by atoms with Gasteiger partial charge >= 0.3 is 0 Å². The van der Waals surface area contributed by atoms with Crippen LogP contribution in [0.4, 0.5) is 9.52 Å². The number of carbonyl (C=O) groups is 1. The van der Waals surface area contributed by atoms with E-state index in [0.717, 1.165) is 31.4 Å². The van der Waals surface area contributed by atoms with Gasteiger partial charge in [0.2, 0.25) is 0 Å². The predicted octanol–water partition coefficient (Wildman–Crippen LogP) is 5.57. The number of rotatable bonds is 5. The Morgan fingerprint density at radius 1 is 1.33 bits per heavy atom. The van der Waals surface area contributed by atoms with Gasteiger partial charge in [-0.15, -0.1) is 11.3 Å². The maximum Gasteiger partial charge on any atom is 0.260 e. The first kappa shape index (κ1) is 20.7. The number of nitrogens with zero attached hydrogens (tertiary/aromatic N) is 3. The summed E-state index contributed by atoms with van der Waals surface area (Å²) in [6, 6.07) is 6.03. The van der Waals surface area contributed by atoms with Gasteiger partial charge in [-0.2, -0.15) is 5.10 Å². The summed E-state index contributed by atoms with van der Waals surface area (Å²) in [5, 5.41) is 7.91. The number of anilines is 1. The lowest BCUT2D eigenvalue weighted by molar-refractivity contribution is 0.102. The standard InChI is InChI=1S/C23H27FN4OS/c1-5-23(3,4)15-6-11-19-20(12-15)30-22(26-19)27-21(29)18-13-25-28(14(18)2)17-9-7-16(24)8-10-17/h7-10,13,15H,5-6,11-12H2,1-4H3,(H,26,27,29). The molecule has 0 radical (unpaired) electrons. The average molecular weight is 427 g/mol. The summed E-state index contributed by atoms with van der Waals surface area (Å²) >= 11 is 1.59. The monoisotopic (exact) mass is 426 g/mol. The highest BCUT2D eigenvalue weighted by atomic mass is 32.1. The largest absolute Gasteiger partial charge is 0.298 e. The SMILES string of the molecule is CCC(C)(C)C1CCc2nc(NC(=O)c3cnn(-c4ccc(F)cc4)c3C)sc2C1. The summed E-state index contributed by atoms with van der Waals surface area (Å²) in [5.74, 6) is 0.117. The Morgan fingerprint density at radius 2 is 2.07 bits per heavy atom. The highest BCUT2D eigenvalue weighted by molar-refractivity contribution is 7.15. The van der Waals surface area contributed by atoms with Crippen LogP contribution in [0.1, 0.15) is 60.2 Å². The van der Waals surface area contributed by atoms with E-state index in [-0.39, 0.29) is 11.7 Å². The number of aromatic nitrogens is 3. The fraction of sp³-hybridized carbons (Fsp3) is 0.435. The molecule has 1 amide bonds. The summed E-state index contributed by atoms with van der Waals surface area (Å²) in [4.78, 5) is 18.8. The number of hydrogen-bond donors (Lipinski definition) is 1. The number of nitrogens with one attached hydrogen (secondary N) is 1. The van der Waals surface area contributed by atoms with Crippen molar-refractivity contribution in [1.82, 2.24) is 14.8 Å². The molecule has 2 heterocycles. The van der Waals surface area contributed by atoms with Gasteiger partial charge in [-0.05, 0) is 61.8 Å². The lowest BCUT2D eigenvalue weighted by Gasteiger charge is -2.35. The molecule has 0 saturated carbocycles. The summed E-state index contributed by atoms with van der Waals surface area (Å²) in [6.45, 7) is 8.76. The zero-order chi connectivity index (χ0) is 21.5. The molecule has 3 aromatic rings. The summed E-state index contributed by atoms with van der Waals surface area (Å²) < 4.78 is 14.8. The summed E-state index contributed by atoms with van der Waals surface area (Å²) in [5.41, 5.74) is 3.33. The molecular weight excluding hydrogens is 399 g/mol. The number of fused-ring (bicyclic) bond motifs is 1. The molecule has 1 aromatic carbocycles. The second-order valence-electron chi connectivity index (χ2n) is 8.66. The van der Waals surface area contributed by atoms with Crippen LogP contribution in [0.15, 0.2) is 30.5 Å². The fourth-order valence-electron chi connectivity index (χ4n) is 4.02. The van der Waals surface area contributed by atoms with Crippen molar-refractivity contribution in [2.24, 2.45) is 11.3 Å². The maximum absolute atomic E-state index is 13.2. The van der Waals surface area contributed by atoms with Crippen LogP contribution in [-0.4, -0.2) is 20.7 Å². The van der Waals surface area contributed by atoms with E-state index in [1.807, 2.05) is 6.92 Å². The quantitative estimate of drug-likeness (QED) is 0.580. The molecule has 1 aliphatic carbocycles. The van der Waals surface area contributed by atoms with Crippen molar-refractivity contribution in [3.63, 3.8) is 0 Å². The van der Waals surface area contributed by atoms with E-state index < -0.39 is 0 Å². The Labute approximate surface area is 180 Å². The molecule has 0 spiro atoms. The van der Waals surface area contributed by atoms with E-state index in [1.54, 1.807) is 34.3 Å². The number of benzene rings is 1. The molecule has 1 atom stereocenters. The number of thiazole rings is 1. The molecule has 4 rings (SSSR count). The fourth-order valence-corrected chi connectivity index (χ4v) is 5.11. The maximum atomic E-state index is 13.2. The molecule has 1 N–H and O–H groups in total. The van der Waals surface area contributed by atoms with Gasteiger partial charge in [0.05, 0.1) is 28.8 Å². The topological polar surface area (TPSA) is 59.8 Å². The van der Waals surface area contributed by atoms with Crippen LogP contribution in [0.25, 0.3) is 5.69 Å². The van der Waals surface area contributed by atoms with Gasteiger partial charge in [0.25, 0.3) is 5.91 Å². The predicted molar refractivity (Wildman–Crippen MR) is 118 cm³/mol. The summed E-state index contributed by atoms with van der Waals surface area (Å²) in [6.07, 6.45) is 5.85. The van der Waals surface area contributed by atoms with E-state index in [4.69, 9.17) is 0 Å². The number of aryl methyl sites for hydroxylation is 1. The van der Waals surface area contributed by atoms with Crippen LogP contribution in [0.2, 0.25) is 0 Å². The first-order valence-corrected chi connectivity index (χ1v) is 11.2. The Balaban J connectivity index is 1.50. The second-order valence-corrected chi connectivity index (χ2v) is 9.74. The third-order valence-corrected chi connectivity index (χ3v) is 7.54. The van der Waals surface area contributed by atoms with Crippen LogP contribution in [0, 0.1) is 24.1 Å². The van der Waals surface area contributed by atoms with E-state index in [9.17, 15) is 9.18 Å². The van der Waals surface area contributed by atoms with Crippen LogP contribution >= 0.6 is 11.3 Å². The van der Waals surface area contributed by atoms with Crippen molar-refractivity contribution in [1.29, 1.82) is 0 Å². The Hall–Kier alpha value is -2.54. The Morgan fingerprint density at radius 3 is 2.77 bits per heavy atom. The number of halogens is 1. The number of hydrogen-bond acceptors (Lipinski definition) is 4. The van der Waals surface area contributed by atoms with Gasteiger partial charge in [-0.1, -0.05) is 27.2 Å². The van der Waals surface area contributed by atoms with Gasteiger partial charge in [0.15, 0.2) is 5.13 Å². The second kappa shape index (κ2) is 7.95. The molecule has 2 aromatic heterocycles. The minimum absolute atomic E-state index is 0.225. The Bertz CT molecular complexity index is 1070. The van der Waals surface area contributed by atoms with E-state index in [0.29, 0.717) is 33.4 Å². The van der Waals surface area contributed by atoms with Crippen LogP contribution in [-0.2, 0) is 12.8 Å². The van der Waals surface area contributed by atoms with Crippen molar-refractivity contribution in [2.45, 2.75) is 53.4 Å². The van der Waals surface area contributed by atoms with Gasteiger partial charge in [-0.3, -0.25) is 10.1 Å². The van der Waals surface area contributed by atoms with Crippen molar-refractivity contribution >= 4 is 22.4 Å². The minimum atomic E-state index is -0.307. The number of amides is 1. The van der Waals surface area contributed by atoms with Crippen molar-refractivity contribution < 1.29 is 9.18 Å². The van der Waals surface area contributed by atoms with Gasteiger partial charge in [0.1, 0.15) is 5.82 Å². The molecule has 1 unspecified atom stereocenters. The number of carbonyl (C=O) groups excluding carboxylic acids is 1. The molecule has 5 nitrogen and oxygen atoms in total. The zero-order valence-electron chi connectivity index (χ0n) is 17.8. The van der Waals surface area contributed by atoms with Crippen LogP contribution < -0.4 is 5.32 Å². The van der Waals surface area contributed by atoms with Crippen LogP contribution in [0.5, 0.6) is 0 Å². The van der Waals surface area contributed by atoms with Gasteiger partial charge in [-0.25, -0.2) is 14.1 Å². The first-order chi connectivity index (χ1) is 14.3. The van der Waals surface area contributed by atoms with E-state index in [2.05, 4.69) is 36.2 Å². The minimum Gasteiger partial charge on any atom is -0.298 e. The highest BCUT2D eigenvalue weighted by Gasteiger charge is 2.33. The molecule has 1 aliphatic rings. The van der Waals surface area contributed by atoms with E-state index in [1.165, 1.54) is 17.0 Å². The molecule has 158 valence electrons. The molecule has 0 saturated heterocycles. The lowest BCUT2D eigenvalue weighted by Crippen LogP contribution is -2.28. The third kappa shape index (κ3) is 3.90. The molecule has 0 bridgehead atoms. The zero-order valence-corrected chi connectivity index (χ0v) is 18.6. The highest BCUT2D eigenvalue weighted by Crippen LogP contribution is 2.42.